The molecule has 148 valence electrons. The predicted octanol–water partition coefficient (Wildman–Crippen LogP) is 4.50. The van der Waals surface area contributed by atoms with Crippen LogP contribution in [0.1, 0.15) is 29.5 Å². The van der Waals surface area contributed by atoms with Crippen LogP contribution in [-0.2, 0) is 11.3 Å². The van der Waals surface area contributed by atoms with Gasteiger partial charge in [0.25, 0.3) is 5.91 Å². The topological polar surface area (TPSA) is 61.6 Å². The van der Waals surface area contributed by atoms with Crippen LogP contribution in [0.25, 0.3) is 10.8 Å². The van der Waals surface area contributed by atoms with Gasteiger partial charge in [-0.1, -0.05) is 29.8 Å². The Morgan fingerprint density at radius 2 is 2.10 bits per heavy atom. The van der Waals surface area contributed by atoms with E-state index in [1.165, 1.54) is 0 Å². The van der Waals surface area contributed by atoms with E-state index in [1.54, 1.807) is 22.4 Å². The summed E-state index contributed by atoms with van der Waals surface area (Å²) in [5, 5.41) is 4.59. The summed E-state index contributed by atoms with van der Waals surface area (Å²) >= 11 is 7.57. The number of benzene rings is 1. The number of hydrogen-bond donors (Lipinski definition) is 1. The highest BCUT2D eigenvalue weighted by Gasteiger charge is 2.40. The van der Waals surface area contributed by atoms with Crippen molar-refractivity contribution >= 4 is 28.8 Å². The standard InChI is InChI=1S/C21H19ClN4O2S/c1-13-17(23-20(28-13)19-3-2-10-29-19)12-25-8-9-26-18(21(25)27)11-16(24-26)14-4-6-15(22)7-5-14/h2-10,16,18,24H,11-12H2,1H3. The van der Waals surface area contributed by atoms with Gasteiger partial charge in [-0.25, -0.2) is 10.4 Å². The van der Waals surface area contributed by atoms with Gasteiger partial charge in [0.15, 0.2) is 0 Å². The molecule has 3 aromatic rings. The van der Waals surface area contributed by atoms with E-state index in [0.29, 0.717) is 23.9 Å². The molecule has 2 unspecified atom stereocenters. The molecule has 0 bridgehead atoms. The highest BCUT2D eigenvalue weighted by molar-refractivity contribution is 7.13. The minimum atomic E-state index is -0.246. The fraction of sp³-hybridized carbons (Fsp3) is 0.238. The normalized spacial score (nSPS) is 21.1. The molecule has 5 rings (SSSR count). The van der Waals surface area contributed by atoms with Crippen molar-refractivity contribution in [1.29, 1.82) is 0 Å². The molecule has 1 amide bonds. The summed E-state index contributed by atoms with van der Waals surface area (Å²) in [4.78, 5) is 20.4. The number of thiophene rings is 1. The van der Waals surface area contributed by atoms with E-state index in [1.807, 2.05) is 59.9 Å². The van der Waals surface area contributed by atoms with Gasteiger partial charge in [0.2, 0.25) is 5.89 Å². The van der Waals surface area contributed by atoms with Crippen LogP contribution in [0.3, 0.4) is 0 Å². The number of nitrogens with zero attached hydrogens (tertiary/aromatic N) is 3. The van der Waals surface area contributed by atoms with Crippen molar-refractivity contribution in [3.8, 4) is 10.8 Å². The number of oxazole rings is 1. The Kier molecular flexibility index (Phi) is 4.66. The summed E-state index contributed by atoms with van der Waals surface area (Å²) in [5.41, 5.74) is 5.29. The zero-order valence-electron chi connectivity index (χ0n) is 15.7. The Bertz CT molecular complexity index is 1060. The number of aromatic nitrogens is 1. The van der Waals surface area contributed by atoms with E-state index < -0.39 is 0 Å². The van der Waals surface area contributed by atoms with Gasteiger partial charge in [-0.05, 0) is 42.5 Å². The fourth-order valence-corrected chi connectivity index (χ4v) is 4.50. The van der Waals surface area contributed by atoms with Crippen molar-refractivity contribution < 1.29 is 9.21 Å². The first-order valence-electron chi connectivity index (χ1n) is 9.37. The first-order valence-corrected chi connectivity index (χ1v) is 10.6. The minimum Gasteiger partial charge on any atom is -0.440 e. The Labute approximate surface area is 177 Å². The molecule has 0 spiro atoms. The monoisotopic (exact) mass is 426 g/mol. The molecule has 0 aliphatic carbocycles. The van der Waals surface area contributed by atoms with Crippen molar-refractivity contribution in [2.45, 2.75) is 32.0 Å². The first-order chi connectivity index (χ1) is 14.1. The Balaban J connectivity index is 1.31. The third-order valence-electron chi connectivity index (χ3n) is 5.29. The zero-order valence-corrected chi connectivity index (χ0v) is 17.3. The average molecular weight is 427 g/mol. The molecule has 2 aliphatic heterocycles. The van der Waals surface area contributed by atoms with Crippen LogP contribution in [0.4, 0.5) is 0 Å². The Morgan fingerprint density at radius 3 is 2.86 bits per heavy atom. The number of aryl methyl sites for hydroxylation is 1. The molecule has 2 aromatic heterocycles. The van der Waals surface area contributed by atoms with Gasteiger partial charge >= 0.3 is 0 Å². The smallest absolute Gasteiger partial charge is 0.251 e. The van der Waals surface area contributed by atoms with E-state index in [2.05, 4.69) is 10.4 Å². The van der Waals surface area contributed by atoms with Gasteiger partial charge in [0, 0.05) is 17.4 Å². The van der Waals surface area contributed by atoms with Gasteiger partial charge in [-0.15, -0.1) is 11.3 Å². The molecule has 29 heavy (non-hydrogen) atoms. The number of carbonyl (C=O) groups excluding carboxylic acids is 1. The second kappa shape index (κ2) is 7.33. The maximum atomic E-state index is 13.1. The Morgan fingerprint density at radius 1 is 1.28 bits per heavy atom. The van der Waals surface area contributed by atoms with E-state index in [0.717, 1.165) is 21.9 Å². The number of hydrazine groups is 1. The van der Waals surface area contributed by atoms with E-state index in [-0.39, 0.29) is 18.0 Å². The number of fused-ring (bicyclic) bond motifs is 1. The molecule has 8 heteroatoms. The molecule has 1 saturated heterocycles. The molecule has 2 aliphatic rings. The number of halogens is 1. The number of hydrogen-bond acceptors (Lipinski definition) is 6. The lowest BCUT2D eigenvalue weighted by atomic mass is 10.0. The van der Waals surface area contributed by atoms with Crippen molar-refractivity contribution in [2.75, 3.05) is 0 Å². The van der Waals surface area contributed by atoms with Gasteiger partial charge in [-0.3, -0.25) is 4.79 Å². The van der Waals surface area contributed by atoms with Crippen LogP contribution in [-0.4, -0.2) is 26.8 Å². The molecular formula is C21H19ClN4O2S. The van der Waals surface area contributed by atoms with Gasteiger partial charge in [-0.2, -0.15) is 0 Å². The van der Waals surface area contributed by atoms with E-state index >= 15 is 0 Å². The predicted molar refractivity (Wildman–Crippen MR) is 112 cm³/mol. The molecule has 4 heterocycles. The van der Waals surface area contributed by atoms with Crippen LogP contribution >= 0.6 is 22.9 Å². The van der Waals surface area contributed by atoms with Gasteiger partial charge < -0.3 is 14.3 Å². The number of carbonyl (C=O) groups is 1. The SMILES string of the molecule is Cc1oc(-c2cccs2)nc1CN1C=CN2NC(c3ccc(Cl)cc3)CC2C1=O. The summed E-state index contributed by atoms with van der Waals surface area (Å²) in [6.07, 6.45) is 4.41. The number of rotatable bonds is 4. The summed E-state index contributed by atoms with van der Waals surface area (Å²) in [6, 6.07) is 11.5. The van der Waals surface area contributed by atoms with Crippen LogP contribution in [0.15, 0.2) is 58.6 Å². The molecule has 1 fully saturated rings. The molecule has 6 nitrogen and oxygen atoms in total. The lowest BCUT2D eigenvalue weighted by Gasteiger charge is -2.31. The molecular weight excluding hydrogens is 408 g/mol. The van der Waals surface area contributed by atoms with Crippen LogP contribution < -0.4 is 5.43 Å². The maximum Gasteiger partial charge on any atom is 0.251 e. The molecule has 1 aromatic carbocycles. The molecule has 1 N–H and O–H groups in total. The third-order valence-corrected chi connectivity index (χ3v) is 6.40. The van der Waals surface area contributed by atoms with Crippen molar-refractivity contribution in [3.63, 3.8) is 0 Å². The van der Waals surface area contributed by atoms with Crippen molar-refractivity contribution in [2.24, 2.45) is 0 Å². The second-order valence-corrected chi connectivity index (χ2v) is 8.54. The van der Waals surface area contributed by atoms with E-state index in [4.69, 9.17) is 16.0 Å². The van der Waals surface area contributed by atoms with Crippen molar-refractivity contribution in [3.05, 3.63) is 76.2 Å². The summed E-state index contributed by atoms with van der Waals surface area (Å²) in [6.45, 7) is 2.28. The van der Waals surface area contributed by atoms with E-state index in [9.17, 15) is 4.79 Å². The van der Waals surface area contributed by atoms with Crippen LogP contribution in [0.2, 0.25) is 5.02 Å². The van der Waals surface area contributed by atoms with Gasteiger partial charge in [0.05, 0.1) is 17.5 Å². The minimum absolute atomic E-state index is 0.0523. The number of nitrogens with one attached hydrogen (secondary N) is 1. The maximum absolute atomic E-state index is 13.1. The highest BCUT2D eigenvalue weighted by Crippen LogP contribution is 2.32. The lowest BCUT2D eigenvalue weighted by molar-refractivity contribution is -0.135. The fourth-order valence-electron chi connectivity index (χ4n) is 3.72. The summed E-state index contributed by atoms with van der Waals surface area (Å²) in [5.74, 6) is 1.39. The lowest BCUT2D eigenvalue weighted by Crippen LogP contribution is -2.47. The van der Waals surface area contributed by atoms with Crippen molar-refractivity contribution in [1.82, 2.24) is 20.3 Å². The third kappa shape index (κ3) is 3.46. The van der Waals surface area contributed by atoms with Gasteiger partial charge in [0.1, 0.15) is 17.5 Å². The summed E-state index contributed by atoms with van der Waals surface area (Å²) in [7, 11) is 0. The average Bonchev–Trinajstić information content (AvgIpc) is 3.45. The first kappa shape index (κ1) is 18.4. The zero-order chi connectivity index (χ0) is 20.0. The molecule has 2 atom stereocenters. The molecule has 0 saturated carbocycles. The molecule has 0 radical (unpaired) electrons. The highest BCUT2D eigenvalue weighted by atomic mass is 35.5. The second-order valence-electron chi connectivity index (χ2n) is 7.16. The number of amides is 1. The quantitative estimate of drug-likeness (QED) is 0.665. The largest absolute Gasteiger partial charge is 0.440 e. The Hall–Kier alpha value is -2.61. The summed E-state index contributed by atoms with van der Waals surface area (Å²) < 4.78 is 5.81. The van der Waals surface area contributed by atoms with Crippen LogP contribution in [0.5, 0.6) is 0 Å². The van der Waals surface area contributed by atoms with Crippen LogP contribution in [0, 0.1) is 6.92 Å².